The predicted octanol–water partition coefficient (Wildman–Crippen LogP) is 1.92. The SMILES string of the molecule is CCOCCOCCOCCOC(=O)c1ccccc1OC. The molecule has 0 aliphatic carbocycles. The molecule has 0 saturated heterocycles. The first-order valence-electron chi connectivity index (χ1n) is 7.33. The first kappa shape index (κ1) is 18.4. The topological polar surface area (TPSA) is 63.2 Å². The van der Waals surface area contributed by atoms with E-state index in [0.717, 1.165) is 0 Å². The fourth-order valence-corrected chi connectivity index (χ4v) is 1.67. The van der Waals surface area contributed by atoms with Crippen molar-refractivity contribution in [1.82, 2.24) is 0 Å². The Morgan fingerprint density at radius 3 is 2.14 bits per heavy atom. The summed E-state index contributed by atoms with van der Waals surface area (Å²) in [6, 6.07) is 6.93. The monoisotopic (exact) mass is 312 g/mol. The molecular weight excluding hydrogens is 288 g/mol. The van der Waals surface area contributed by atoms with E-state index in [1.165, 1.54) is 7.11 Å². The van der Waals surface area contributed by atoms with Crippen LogP contribution in [0.15, 0.2) is 24.3 Å². The van der Waals surface area contributed by atoms with Gasteiger partial charge in [-0.3, -0.25) is 0 Å². The van der Waals surface area contributed by atoms with Crippen molar-refractivity contribution in [2.24, 2.45) is 0 Å². The summed E-state index contributed by atoms with van der Waals surface area (Å²) in [5.74, 6) is 0.0742. The predicted molar refractivity (Wildman–Crippen MR) is 81.4 cm³/mol. The highest BCUT2D eigenvalue weighted by Gasteiger charge is 2.12. The van der Waals surface area contributed by atoms with Crippen molar-refractivity contribution in [3.05, 3.63) is 29.8 Å². The first-order valence-corrected chi connectivity index (χ1v) is 7.33. The van der Waals surface area contributed by atoms with Crippen LogP contribution >= 0.6 is 0 Å². The van der Waals surface area contributed by atoms with Gasteiger partial charge >= 0.3 is 5.97 Å². The summed E-state index contributed by atoms with van der Waals surface area (Å²) in [7, 11) is 1.51. The van der Waals surface area contributed by atoms with Crippen LogP contribution in [0.3, 0.4) is 0 Å². The number of carbonyl (C=O) groups excluding carboxylic acids is 1. The fourth-order valence-electron chi connectivity index (χ4n) is 1.67. The maximum Gasteiger partial charge on any atom is 0.342 e. The molecule has 0 aromatic heterocycles. The van der Waals surface area contributed by atoms with Crippen LogP contribution in [0.2, 0.25) is 0 Å². The average molecular weight is 312 g/mol. The third kappa shape index (κ3) is 7.40. The molecular formula is C16H24O6. The molecule has 0 N–H and O–H groups in total. The number of ether oxygens (including phenoxy) is 5. The van der Waals surface area contributed by atoms with E-state index in [0.29, 0.717) is 51.0 Å². The Hall–Kier alpha value is -1.63. The summed E-state index contributed by atoms with van der Waals surface area (Å²) < 4.78 is 26.0. The van der Waals surface area contributed by atoms with Gasteiger partial charge in [0.25, 0.3) is 0 Å². The Morgan fingerprint density at radius 2 is 1.50 bits per heavy atom. The van der Waals surface area contributed by atoms with Crippen LogP contribution in [-0.2, 0) is 18.9 Å². The van der Waals surface area contributed by atoms with E-state index in [9.17, 15) is 4.79 Å². The number of esters is 1. The molecule has 0 atom stereocenters. The molecule has 6 heteroatoms. The normalized spacial score (nSPS) is 10.5. The molecule has 0 bridgehead atoms. The van der Waals surface area contributed by atoms with Gasteiger partial charge in [0.2, 0.25) is 0 Å². The Labute approximate surface area is 131 Å². The van der Waals surface area contributed by atoms with E-state index >= 15 is 0 Å². The molecule has 124 valence electrons. The molecule has 0 radical (unpaired) electrons. The molecule has 0 aliphatic rings. The lowest BCUT2D eigenvalue weighted by atomic mass is 10.2. The molecule has 0 spiro atoms. The molecule has 0 aliphatic heterocycles. The number of methoxy groups -OCH3 is 1. The minimum absolute atomic E-state index is 0.190. The Kier molecular flexibility index (Phi) is 10.0. The van der Waals surface area contributed by atoms with E-state index in [2.05, 4.69) is 0 Å². The highest BCUT2D eigenvalue weighted by atomic mass is 16.6. The van der Waals surface area contributed by atoms with Gasteiger partial charge in [0.15, 0.2) is 0 Å². The number of hydrogen-bond donors (Lipinski definition) is 0. The molecule has 0 amide bonds. The van der Waals surface area contributed by atoms with Crippen LogP contribution < -0.4 is 4.74 Å². The van der Waals surface area contributed by atoms with Gasteiger partial charge in [0.05, 0.1) is 40.1 Å². The molecule has 0 fully saturated rings. The highest BCUT2D eigenvalue weighted by molar-refractivity contribution is 5.92. The van der Waals surface area contributed by atoms with Crippen molar-refractivity contribution in [1.29, 1.82) is 0 Å². The van der Waals surface area contributed by atoms with Crippen molar-refractivity contribution in [2.45, 2.75) is 6.92 Å². The van der Waals surface area contributed by atoms with Crippen LogP contribution in [0, 0.1) is 0 Å². The summed E-state index contributed by atoms with van der Waals surface area (Å²) in [5, 5.41) is 0. The number of carbonyl (C=O) groups is 1. The van der Waals surface area contributed by atoms with Crippen LogP contribution in [0.25, 0.3) is 0 Å². The highest BCUT2D eigenvalue weighted by Crippen LogP contribution is 2.17. The largest absolute Gasteiger partial charge is 0.496 e. The van der Waals surface area contributed by atoms with E-state index in [4.69, 9.17) is 23.7 Å². The Balaban J connectivity index is 2.06. The summed E-state index contributed by atoms with van der Waals surface area (Å²) >= 11 is 0. The number of para-hydroxylation sites is 1. The summed E-state index contributed by atoms with van der Waals surface area (Å²) in [6.07, 6.45) is 0. The van der Waals surface area contributed by atoms with Crippen LogP contribution in [-0.4, -0.2) is 59.3 Å². The van der Waals surface area contributed by atoms with Gasteiger partial charge in [-0.25, -0.2) is 4.79 Å². The second-order valence-electron chi connectivity index (χ2n) is 4.26. The Bertz CT molecular complexity index is 421. The van der Waals surface area contributed by atoms with E-state index < -0.39 is 5.97 Å². The molecule has 0 unspecified atom stereocenters. The van der Waals surface area contributed by atoms with Crippen molar-refractivity contribution in [3.63, 3.8) is 0 Å². The number of rotatable bonds is 12. The fraction of sp³-hybridized carbons (Fsp3) is 0.562. The zero-order chi connectivity index (χ0) is 16.0. The lowest BCUT2D eigenvalue weighted by Gasteiger charge is -2.09. The minimum atomic E-state index is -0.422. The van der Waals surface area contributed by atoms with Gasteiger partial charge in [-0.15, -0.1) is 0 Å². The van der Waals surface area contributed by atoms with Crippen LogP contribution in [0.1, 0.15) is 17.3 Å². The molecule has 6 nitrogen and oxygen atoms in total. The van der Waals surface area contributed by atoms with Crippen molar-refractivity contribution < 1.29 is 28.5 Å². The average Bonchev–Trinajstić information content (AvgIpc) is 2.56. The molecule has 0 heterocycles. The van der Waals surface area contributed by atoms with Crippen molar-refractivity contribution in [2.75, 3.05) is 53.4 Å². The van der Waals surface area contributed by atoms with E-state index in [1.807, 2.05) is 6.92 Å². The lowest BCUT2D eigenvalue weighted by molar-refractivity contribution is 0.00172. The van der Waals surface area contributed by atoms with Crippen LogP contribution in [0.5, 0.6) is 5.75 Å². The standard InChI is InChI=1S/C16H24O6/c1-3-19-8-9-20-10-11-21-12-13-22-16(17)14-6-4-5-7-15(14)18-2/h4-7H,3,8-13H2,1-2H3. The van der Waals surface area contributed by atoms with E-state index in [-0.39, 0.29) is 6.61 Å². The van der Waals surface area contributed by atoms with Crippen LogP contribution in [0.4, 0.5) is 0 Å². The zero-order valence-electron chi connectivity index (χ0n) is 13.2. The second kappa shape index (κ2) is 12.0. The molecule has 1 aromatic rings. The molecule has 1 rings (SSSR count). The maximum absolute atomic E-state index is 11.9. The summed E-state index contributed by atoms with van der Waals surface area (Å²) in [4.78, 5) is 11.9. The quantitative estimate of drug-likeness (QED) is 0.434. The second-order valence-corrected chi connectivity index (χ2v) is 4.26. The smallest absolute Gasteiger partial charge is 0.342 e. The van der Waals surface area contributed by atoms with Gasteiger partial charge in [-0.1, -0.05) is 12.1 Å². The van der Waals surface area contributed by atoms with E-state index in [1.54, 1.807) is 24.3 Å². The zero-order valence-corrected chi connectivity index (χ0v) is 13.2. The molecule has 22 heavy (non-hydrogen) atoms. The minimum Gasteiger partial charge on any atom is -0.496 e. The number of benzene rings is 1. The first-order chi connectivity index (χ1) is 10.8. The third-order valence-corrected chi connectivity index (χ3v) is 2.74. The van der Waals surface area contributed by atoms with Gasteiger partial charge in [0, 0.05) is 6.61 Å². The lowest BCUT2D eigenvalue weighted by Crippen LogP contribution is -2.14. The number of hydrogen-bond acceptors (Lipinski definition) is 6. The summed E-state index contributed by atoms with van der Waals surface area (Å²) in [5.41, 5.74) is 0.407. The summed E-state index contributed by atoms with van der Waals surface area (Å²) in [6.45, 7) is 5.25. The van der Waals surface area contributed by atoms with Gasteiger partial charge in [0.1, 0.15) is 17.9 Å². The van der Waals surface area contributed by atoms with Crippen molar-refractivity contribution in [3.8, 4) is 5.75 Å². The van der Waals surface area contributed by atoms with Gasteiger partial charge < -0.3 is 23.7 Å². The van der Waals surface area contributed by atoms with Gasteiger partial charge in [-0.05, 0) is 19.1 Å². The third-order valence-electron chi connectivity index (χ3n) is 2.74. The van der Waals surface area contributed by atoms with Gasteiger partial charge in [-0.2, -0.15) is 0 Å². The molecule has 1 aromatic carbocycles. The van der Waals surface area contributed by atoms with Crippen molar-refractivity contribution >= 4 is 5.97 Å². The molecule has 0 saturated carbocycles. The maximum atomic E-state index is 11.9. The Morgan fingerprint density at radius 1 is 0.909 bits per heavy atom.